The average Bonchev–Trinajstić information content (AvgIpc) is 2.94. The fourth-order valence-corrected chi connectivity index (χ4v) is 2.84. The Bertz CT molecular complexity index is 695. The SMILES string of the molecule is CC(C)(C(=O)NCc1nc(C(=O)O)cs1)c1ccc(Br)cc1. The van der Waals surface area contributed by atoms with Gasteiger partial charge in [-0.15, -0.1) is 11.3 Å². The maximum atomic E-state index is 12.4. The number of aromatic nitrogens is 1. The molecule has 5 nitrogen and oxygen atoms in total. The van der Waals surface area contributed by atoms with Crippen LogP contribution in [0.4, 0.5) is 0 Å². The van der Waals surface area contributed by atoms with E-state index in [1.54, 1.807) is 0 Å². The molecule has 2 rings (SSSR count). The van der Waals surface area contributed by atoms with Crippen LogP contribution in [0.25, 0.3) is 0 Å². The first-order valence-corrected chi connectivity index (χ1v) is 8.20. The van der Waals surface area contributed by atoms with Gasteiger partial charge in [0.25, 0.3) is 0 Å². The maximum Gasteiger partial charge on any atom is 0.355 e. The van der Waals surface area contributed by atoms with E-state index >= 15 is 0 Å². The van der Waals surface area contributed by atoms with Gasteiger partial charge in [-0.1, -0.05) is 28.1 Å². The number of carbonyl (C=O) groups excluding carboxylic acids is 1. The average molecular weight is 383 g/mol. The Balaban J connectivity index is 2.04. The van der Waals surface area contributed by atoms with Gasteiger partial charge in [-0.25, -0.2) is 9.78 Å². The third-order valence-corrected chi connectivity index (χ3v) is 4.68. The summed E-state index contributed by atoms with van der Waals surface area (Å²) in [4.78, 5) is 27.1. The molecule has 0 saturated heterocycles. The van der Waals surface area contributed by atoms with E-state index in [1.165, 1.54) is 16.7 Å². The highest BCUT2D eigenvalue weighted by atomic mass is 79.9. The van der Waals surface area contributed by atoms with Gasteiger partial charge in [0.1, 0.15) is 5.01 Å². The predicted molar refractivity (Wildman–Crippen MR) is 88.1 cm³/mol. The summed E-state index contributed by atoms with van der Waals surface area (Å²) in [5.74, 6) is -1.20. The van der Waals surface area contributed by atoms with Crippen molar-refractivity contribution in [3.63, 3.8) is 0 Å². The molecule has 0 bridgehead atoms. The molecule has 1 heterocycles. The fourth-order valence-electron chi connectivity index (χ4n) is 1.86. The quantitative estimate of drug-likeness (QED) is 0.831. The van der Waals surface area contributed by atoms with Crippen LogP contribution in [0.5, 0.6) is 0 Å². The molecule has 7 heteroatoms. The monoisotopic (exact) mass is 382 g/mol. The number of nitrogens with zero attached hydrogens (tertiary/aromatic N) is 1. The molecule has 1 aromatic carbocycles. The van der Waals surface area contributed by atoms with Crippen molar-refractivity contribution >= 4 is 39.1 Å². The van der Waals surface area contributed by atoms with Crippen LogP contribution >= 0.6 is 27.3 Å². The van der Waals surface area contributed by atoms with Crippen LogP contribution in [-0.4, -0.2) is 22.0 Å². The molecule has 1 amide bonds. The van der Waals surface area contributed by atoms with E-state index in [-0.39, 0.29) is 18.1 Å². The molecule has 0 fully saturated rings. The number of carboxylic acid groups (broad SMARTS) is 1. The molecule has 2 N–H and O–H groups in total. The summed E-state index contributed by atoms with van der Waals surface area (Å²) in [5.41, 5.74) is 0.216. The Morgan fingerprint density at radius 3 is 2.50 bits per heavy atom. The molecule has 0 spiro atoms. The number of carboxylic acids is 1. The molecule has 2 aromatic rings. The molecule has 116 valence electrons. The van der Waals surface area contributed by atoms with Crippen LogP contribution in [0.15, 0.2) is 34.1 Å². The van der Waals surface area contributed by atoms with Gasteiger partial charge in [-0.05, 0) is 31.5 Å². The number of thiazole rings is 1. The second-order valence-corrected chi connectivity index (χ2v) is 7.10. The lowest BCUT2D eigenvalue weighted by atomic mass is 9.84. The fraction of sp³-hybridized carbons (Fsp3) is 0.267. The molecule has 0 atom stereocenters. The molecule has 0 aliphatic carbocycles. The zero-order chi connectivity index (χ0) is 16.3. The van der Waals surface area contributed by atoms with Gasteiger partial charge in [0.15, 0.2) is 5.69 Å². The normalized spacial score (nSPS) is 11.2. The second-order valence-electron chi connectivity index (χ2n) is 5.25. The maximum absolute atomic E-state index is 12.4. The molecule has 0 aliphatic heterocycles. The Hall–Kier alpha value is -1.73. The number of aromatic carboxylic acids is 1. The second kappa shape index (κ2) is 6.58. The summed E-state index contributed by atoms with van der Waals surface area (Å²) in [5, 5.41) is 13.7. The Labute approximate surface area is 140 Å². The summed E-state index contributed by atoms with van der Waals surface area (Å²) in [6.45, 7) is 3.91. The number of nitrogens with one attached hydrogen (secondary N) is 1. The summed E-state index contributed by atoms with van der Waals surface area (Å²) >= 11 is 4.58. The first kappa shape index (κ1) is 16.6. The van der Waals surface area contributed by atoms with Crippen LogP contribution in [0, 0.1) is 0 Å². The molecular weight excluding hydrogens is 368 g/mol. The zero-order valence-corrected chi connectivity index (χ0v) is 14.5. The predicted octanol–water partition coefficient (Wildman–Crippen LogP) is 3.20. The topological polar surface area (TPSA) is 79.3 Å². The summed E-state index contributed by atoms with van der Waals surface area (Å²) < 4.78 is 0.955. The van der Waals surface area contributed by atoms with E-state index < -0.39 is 11.4 Å². The molecular formula is C15H15BrN2O3S. The molecule has 0 aliphatic rings. The highest BCUT2D eigenvalue weighted by Crippen LogP contribution is 2.25. The molecule has 1 aromatic heterocycles. The van der Waals surface area contributed by atoms with Crippen molar-refractivity contribution in [2.75, 3.05) is 0 Å². The van der Waals surface area contributed by atoms with E-state index in [2.05, 4.69) is 26.2 Å². The van der Waals surface area contributed by atoms with Crippen LogP contribution in [0.2, 0.25) is 0 Å². The first-order chi connectivity index (χ1) is 10.3. The van der Waals surface area contributed by atoms with E-state index in [1.807, 2.05) is 38.1 Å². The van der Waals surface area contributed by atoms with Crippen molar-refractivity contribution in [2.45, 2.75) is 25.8 Å². The van der Waals surface area contributed by atoms with Gasteiger partial charge in [-0.3, -0.25) is 4.79 Å². The lowest BCUT2D eigenvalue weighted by Gasteiger charge is -2.24. The highest BCUT2D eigenvalue weighted by molar-refractivity contribution is 9.10. The minimum atomic E-state index is -1.07. The van der Waals surface area contributed by atoms with Gasteiger partial charge in [0, 0.05) is 9.85 Å². The highest BCUT2D eigenvalue weighted by Gasteiger charge is 2.29. The lowest BCUT2D eigenvalue weighted by Crippen LogP contribution is -2.39. The van der Waals surface area contributed by atoms with E-state index in [0.29, 0.717) is 5.01 Å². The van der Waals surface area contributed by atoms with Gasteiger partial charge in [0.05, 0.1) is 12.0 Å². The zero-order valence-electron chi connectivity index (χ0n) is 12.1. The van der Waals surface area contributed by atoms with Gasteiger partial charge >= 0.3 is 5.97 Å². The molecule has 0 radical (unpaired) electrons. The Kier molecular flexibility index (Phi) is 4.97. The lowest BCUT2D eigenvalue weighted by molar-refractivity contribution is -0.125. The Morgan fingerprint density at radius 1 is 1.32 bits per heavy atom. The number of rotatable bonds is 5. The number of carbonyl (C=O) groups is 2. The van der Waals surface area contributed by atoms with Crippen molar-refractivity contribution < 1.29 is 14.7 Å². The van der Waals surface area contributed by atoms with Crippen LogP contribution in [0.3, 0.4) is 0 Å². The minimum absolute atomic E-state index is 0.00131. The summed E-state index contributed by atoms with van der Waals surface area (Å²) in [6.07, 6.45) is 0. The van der Waals surface area contributed by atoms with Crippen molar-refractivity contribution in [1.82, 2.24) is 10.3 Å². The van der Waals surface area contributed by atoms with Crippen LogP contribution in [0.1, 0.15) is 34.9 Å². The van der Waals surface area contributed by atoms with Crippen molar-refractivity contribution in [2.24, 2.45) is 0 Å². The van der Waals surface area contributed by atoms with Crippen LogP contribution < -0.4 is 5.32 Å². The third-order valence-electron chi connectivity index (χ3n) is 3.30. The third kappa shape index (κ3) is 3.72. The van der Waals surface area contributed by atoms with Gasteiger partial charge < -0.3 is 10.4 Å². The van der Waals surface area contributed by atoms with E-state index in [0.717, 1.165) is 10.0 Å². The van der Waals surface area contributed by atoms with Crippen molar-refractivity contribution in [1.29, 1.82) is 0 Å². The van der Waals surface area contributed by atoms with Gasteiger partial charge in [0.2, 0.25) is 5.91 Å². The van der Waals surface area contributed by atoms with Crippen molar-refractivity contribution in [3.8, 4) is 0 Å². The number of benzene rings is 1. The standard InChI is InChI=1S/C15H15BrN2O3S/c1-15(2,9-3-5-10(16)6-4-9)14(21)17-7-12-18-11(8-22-12)13(19)20/h3-6,8H,7H2,1-2H3,(H,17,21)(H,19,20). The molecule has 22 heavy (non-hydrogen) atoms. The number of amides is 1. The smallest absolute Gasteiger partial charge is 0.355 e. The first-order valence-electron chi connectivity index (χ1n) is 6.53. The van der Waals surface area contributed by atoms with Crippen molar-refractivity contribution in [3.05, 3.63) is 50.4 Å². The van der Waals surface area contributed by atoms with Crippen LogP contribution in [-0.2, 0) is 16.8 Å². The van der Waals surface area contributed by atoms with Gasteiger partial charge in [-0.2, -0.15) is 0 Å². The summed E-state index contributed by atoms with van der Waals surface area (Å²) in [7, 11) is 0. The molecule has 0 unspecified atom stereocenters. The minimum Gasteiger partial charge on any atom is -0.476 e. The molecule has 0 saturated carbocycles. The number of halogens is 1. The number of hydrogen-bond acceptors (Lipinski definition) is 4. The summed E-state index contributed by atoms with van der Waals surface area (Å²) in [6, 6.07) is 7.58. The van der Waals surface area contributed by atoms with E-state index in [9.17, 15) is 9.59 Å². The Morgan fingerprint density at radius 2 is 1.95 bits per heavy atom. The number of hydrogen-bond donors (Lipinski definition) is 2. The van der Waals surface area contributed by atoms with E-state index in [4.69, 9.17) is 5.11 Å². The largest absolute Gasteiger partial charge is 0.476 e.